The Kier molecular flexibility index (Phi) is 4.99. The Labute approximate surface area is 148 Å². The summed E-state index contributed by atoms with van der Waals surface area (Å²) in [6.45, 7) is 5.81. The molecule has 1 aliphatic heterocycles. The fourth-order valence-electron chi connectivity index (χ4n) is 4.03. The van der Waals surface area contributed by atoms with Gasteiger partial charge in [-0.05, 0) is 37.8 Å². The van der Waals surface area contributed by atoms with E-state index in [9.17, 15) is 9.59 Å². The van der Waals surface area contributed by atoms with Gasteiger partial charge in [-0.3, -0.25) is 9.36 Å². The van der Waals surface area contributed by atoms with Gasteiger partial charge in [0.1, 0.15) is 0 Å². The molecule has 1 fully saturated rings. The number of likely N-dealkylation sites (tertiary alicyclic amines) is 1. The number of aromatic nitrogens is 2. The van der Waals surface area contributed by atoms with Crippen LogP contribution >= 0.6 is 0 Å². The average molecular weight is 344 g/mol. The molecule has 0 aliphatic carbocycles. The molecule has 25 heavy (non-hydrogen) atoms. The van der Waals surface area contributed by atoms with Gasteiger partial charge in [-0.25, -0.2) is 4.79 Å². The van der Waals surface area contributed by atoms with Crippen LogP contribution in [0.25, 0.3) is 11.0 Å². The Morgan fingerprint density at radius 3 is 2.48 bits per heavy atom. The number of piperidine rings is 1. The van der Waals surface area contributed by atoms with Crippen LogP contribution in [0.15, 0.2) is 29.1 Å². The van der Waals surface area contributed by atoms with Crippen LogP contribution in [0.1, 0.15) is 45.6 Å². The van der Waals surface area contributed by atoms with E-state index in [1.165, 1.54) is 0 Å². The van der Waals surface area contributed by atoms with E-state index in [2.05, 4.69) is 4.98 Å². The fourth-order valence-corrected chi connectivity index (χ4v) is 4.03. The molecule has 3 rings (SSSR count). The number of benzene rings is 1. The first-order valence-corrected chi connectivity index (χ1v) is 9.25. The molecule has 0 spiro atoms. The highest BCUT2D eigenvalue weighted by atomic mass is 16.2. The molecule has 1 amide bonds. The summed E-state index contributed by atoms with van der Waals surface area (Å²) in [6.07, 6.45) is 3.12. The minimum absolute atomic E-state index is 0.0654. The van der Waals surface area contributed by atoms with E-state index in [4.69, 9.17) is 5.73 Å². The minimum Gasteiger partial charge on any atom is -0.342 e. The van der Waals surface area contributed by atoms with E-state index >= 15 is 0 Å². The smallest absolute Gasteiger partial charge is 0.326 e. The number of amides is 1. The number of fused-ring (bicyclic) bond motifs is 1. The second-order valence-electron chi connectivity index (χ2n) is 7.03. The predicted octanol–water partition coefficient (Wildman–Crippen LogP) is 2.26. The van der Waals surface area contributed by atoms with Crippen molar-refractivity contribution in [3.63, 3.8) is 0 Å². The molecule has 6 nitrogen and oxygen atoms in total. The van der Waals surface area contributed by atoms with Gasteiger partial charge in [0.15, 0.2) is 0 Å². The number of hydrogen-bond acceptors (Lipinski definition) is 3. The number of carbonyl (C=O) groups is 1. The number of aromatic amines is 1. The number of nitrogens with zero attached hydrogens (tertiary/aromatic N) is 2. The maximum absolute atomic E-state index is 13.0. The third kappa shape index (κ3) is 2.99. The Balaban J connectivity index is 1.77. The lowest BCUT2D eigenvalue weighted by Crippen LogP contribution is -2.50. The van der Waals surface area contributed by atoms with Crippen LogP contribution in [-0.4, -0.2) is 40.0 Å². The topological polar surface area (TPSA) is 84.1 Å². The summed E-state index contributed by atoms with van der Waals surface area (Å²) in [5.41, 5.74) is 7.23. The van der Waals surface area contributed by atoms with Gasteiger partial charge < -0.3 is 15.6 Å². The van der Waals surface area contributed by atoms with Gasteiger partial charge in [-0.2, -0.15) is 0 Å². The second-order valence-corrected chi connectivity index (χ2v) is 7.03. The van der Waals surface area contributed by atoms with Crippen molar-refractivity contribution >= 4 is 16.9 Å². The first-order valence-electron chi connectivity index (χ1n) is 9.25. The number of H-pyrrole nitrogens is 1. The molecule has 0 unspecified atom stereocenters. The van der Waals surface area contributed by atoms with E-state index in [1.54, 1.807) is 0 Å². The van der Waals surface area contributed by atoms with Gasteiger partial charge in [-0.15, -0.1) is 0 Å². The van der Waals surface area contributed by atoms with E-state index in [0.717, 1.165) is 36.7 Å². The van der Waals surface area contributed by atoms with Gasteiger partial charge in [0.2, 0.25) is 5.91 Å². The number of carbonyl (C=O) groups excluding carboxylic acids is 1. The van der Waals surface area contributed by atoms with Crippen LogP contribution in [0.4, 0.5) is 0 Å². The summed E-state index contributed by atoms with van der Waals surface area (Å²) in [7, 11) is 0. The Morgan fingerprint density at radius 1 is 1.24 bits per heavy atom. The van der Waals surface area contributed by atoms with Crippen molar-refractivity contribution in [3.05, 3.63) is 34.7 Å². The standard InChI is InChI=1S/C19H28N4O2/c1-3-19(4-2,13-20)17(24)22-11-9-14(10-12-22)23-16-8-6-5-7-15(16)21-18(23)25/h5-8,14H,3-4,9-13,20H2,1-2H3,(H,21,25). The highest BCUT2D eigenvalue weighted by Gasteiger charge is 2.38. The van der Waals surface area contributed by atoms with E-state index < -0.39 is 5.41 Å². The van der Waals surface area contributed by atoms with Crippen molar-refractivity contribution in [1.29, 1.82) is 0 Å². The lowest BCUT2D eigenvalue weighted by molar-refractivity contribution is -0.143. The number of nitrogens with two attached hydrogens (primary N) is 1. The molecule has 2 heterocycles. The number of rotatable bonds is 5. The van der Waals surface area contributed by atoms with Crippen molar-refractivity contribution in [2.45, 2.75) is 45.6 Å². The average Bonchev–Trinajstić information content (AvgIpc) is 2.99. The molecule has 1 aliphatic rings. The Hall–Kier alpha value is -2.08. The third-order valence-electron chi connectivity index (χ3n) is 5.94. The largest absolute Gasteiger partial charge is 0.342 e. The second kappa shape index (κ2) is 7.04. The molecule has 2 aromatic rings. The zero-order chi connectivity index (χ0) is 18.0. The van der Waals surface area contributed by atoms with Crippen LogP contribution in [-0.2, 0) is 4.79 Å². The van der Waals surface area contributed by atoms with Gasteiger partial charge in [0, 0.05) is 25.7 Å². The van der Waals surface area contributed by atoms with Gasteiger partial charge in [0.05, 0.1) is 16.4 Å². The Bertz CT molecular complexity index is 787. The van der Waals surface area contributed by atoms with Crippen molar-refractivity contribution in [2.75, 3.05) is 19.6 Å². The van der Waals surface area contributed by atoms with Crippen molar-refractivity contribution in [3.8, 4) is 0 Å². The number of imidazole rings is 1. The van der Waals surface area contributed by atoms with E-state index in [-0.39, 0.29) is 17.6 Å². The van der Waals surface area contributed by atoms with Gasteiger partial charge in [0.25, 0.3) is 0 Å². The molecule has 6 heteroatoms. The summed E-state index contributed by atoms with van der Waals surface area (Å²) in [4.78, 5) is 30.2. The van der Waals surface area contributed by atoms with Crippen molar-refractivity contribution in [1.82, 2.24) is 14.5 Å². The molecule has 3 N–H and O–H groups in total. The zero-order valence-electron chi connectivity index (χ0n) is 15.1. The fraction of sp³-hybridized carbons (Fsp3) is 0.579. The van der Waals surface area contributed by atoms with Crippen LogP contribution in [0.2, 0.25) is 0 Å². The third-order valence-corrected chi connectivity index (χ3v) is 5.94. The molecule has 1 aromatic carbocycles. The lowest BCUT2D eigenvalue weighted by atomic mass is 9.80. The number of para-hydroxylation sites is 2. The van der Waals surface area contributed by atoms with E-state index in [1.807, 2.05) is 47.6 Å². The van der Waals surface area contributed by atoms with Crippen LogP contribution in [0.3, 0.4) is 0 Å². The zero-order valence-corrected chi connectivity index (χ0v) is 15.1. The number of hydrogen-bond donors (Lipinski definition) is 2. The van der Waals surface area contributed by atoms with Crippen LogP contribution in [0.5, 0.6) is 0 Å². The molecule has 1 saturated heterocycles. The minimum atomic E-state index is -0.440. The summed E-state index contributed by atoms with van der Waals surface area (Å²) in [5, 5.41) is 0. The van der Waals surface area contributed by atoms with Crippen molar-refractivity contribution in [2.24, 2.45) is 11.1 Å². The summed E-state index contributed by atoms with van der Waals surface area (Å²) >= 11 is 0. The SMILES string of the molecule is CCC(CC)(CN)C(=O)N1CCC(n2c(=O)[nH]c3ccccc32)CC1. The predicted molar refractivity (Wildman–Crippen MR) is 99.5 cm³/mol. The first kappa shape index (κ1) is 17.7. The van der Waals surface area contributed by atoms with Gasteiger partial charge in [-0.1, -0.05) is 26.0 Å². The first-order chi connectivity index (χ1) is 12.1. The molecule has 1 aromatic heterocycles. The number of nitrogens with one attached hydrogen (secondary N) is 1. The summed E-state index contributed by atoms with van der Waals surface area (Å²) < 4.78 is 1.85. The monoisotopic (exact) mass is 344 g/mol. The molecule has 0 bridgehead atoms. The molecular formula is C19H28N4O2. The summed E-state index contributed by atoms with van der Waals surface area (Å²) in [5.74, 6) is 0.171. The molecule has 0 radical (unpaired) electrons. The van der Waals surface area contributed by atoms with Gasteiger partial charge >= 0.3 is 5.69 Å². The maximum atomic E-state index is 13.0. The van der Waals surface area contributed by atoms with Crippen LogP contribution < -0.4 is 11.4 Å². The normalized spacial score (nSPS) is 16.5. The lowest BCUT2D eigenvalue weighted by Gasteiger charge is -2.39. The van der Waals surface area contributed by atoms with Crippen LogP contribution in [0, 0.1) is 5.41 Å². The summed E-state index contributed by atoms with van der Waals surface area (Å²) in [6, 6.07) is 7.89. The molecule has 0 atom stereocenters. The maximum Gasteiger partial charge on any atom is 0.326 e. The molecule has 136 valence electrons. The highest BCUT2D eigenvalue weighted by Crippen LogP contribution is 2.31. The Morgan fingerprint density at radius 2 is 1.88 bits per heavy atom. The molecular weight excluding hydrogens is 316 g/mol. The van der Waals surface area contributed by atoms with E-state index in [0.29, 0.717) is 19.6 Å². The highest BCUT2D eigenvalue weighted by molar-refractivity contribution is 5.83. The van der Waals surface area contributed by atoms with Crippen molar-refractivity contribution < 1.29 is 4.79 Å². The molecule has 0 saturated carbocycles. The quantitative estimate of drug-likeness (QED) is 0.872.